The molecule has 0 aromatic heterocycles. The summed E-state index contributed by atoms with van der Waals surface area (Å²) < 4.78 is 4.82. The number of esters is 1. The van der Waals surface area contributed by atoms with Gasteiger partial charge in [-0.2, -0.15) is 0 Å². The van der Waals surface area contributed by atoms with Crippen molar-refractivity contribution in [1.82, 2.24) is 0 Å². The molecule has 0 amide bonds. The molecule has 1 aromatic rings. The molecular weight excluding hydrogens is 210 g/mol. The normalized spacial score (nSPS) is 11.0. The molecule has 1 unspecified atom stereocenters. The summed E-state index contributed by atoms with van der Waals surface area (Å²) in [6.45, 7) is -0.196. The van der Waals surface area contributed by atoms with Crippen molar-refractivity contribution in [2.45, 2.75) is 6.10 Å². The number of rotatable bonds is 5. The maximum absolute atomic E-state index is 11.5. The predicted molar refractivity (Wildman–Crippen MR) is 55.7 cm³/mol. The molecule has 0 heterocycles. The zero-order valence-electron chi connectivity index (χ0n) is 8.31. The minimum Gasteiger partial charge on any atom is -0.451 e. The SMILES string of the molecule is [N-]=[N+]=NCC(C=O)OC(=O)c1ccccc1. The molecule has 1 aromatic carbocycles. The van der Waals surface area contributed by atoms with Crippen molar-refractivity contribution in [3.8, 4) is 0 Å². The van der Waals surface area contributed by atoms with E-state index in [0.29, 0.717) is 11.8 Å². The fourth-order valence-corrected chi connectivity index (χ4v) is 1.00. The molecule has 1 rings (SSSR count). The molecule has 0 aliphatic rings. The van der Waals surface area contributed by atoms with Crippen molar-refractivity contribution in [1.29, 1.82) is 0 Å². The van der Waals surface area contributed by atoms with Crippen molar-refractivity contribution in [3.05, 3.63) is 46.3 Å². The van der Waals surface area contributed by atoms with Gasteiger partial charge in [-0.05, 0) is 17.7 Å². The molecule has 0 fully saturated rings. The number of carbonyl (C=O) groups excluding carboxylic acids is 2. The molecule has 0 bridgehead atoms. The van der Waals surface area contributed by atoms with E-state index in [2.05, 4.69) is 10.0 Å². The quantitative estimate of drug-likeness (QED) is 0.248. The molecule has 1 atom stereocenters. The van der Waals surface area contributed by atoms with E-state index < -0.39 is 12.1 Å². The van der Waals surface area contributed by atoms with Crippen molar-refractivity contribution in [2.75, 3.05) is 6.54 Å². The van der Waals surface area contributed by atoms with E-state index in [1.807, 2.05) is 0 Å². The smallest absolute Gasteiger partial charge is 0.338 e. The maximum Gasteiger partial charge on any atom is 0.338 e. The zero-order valence-corrected chi connectivity index (χ0v) is 8.31. The second kappa shape index (κ2) is 6.21. The standard InChI is InChI=1S/C10H9N3O3/c11-13-12-6-9(7-14)16-10(15)8-4-2-1-3-5-8/h1-5,7,9H,6H2. The predicted octanol–water partition coefficient (Wildman–Crippen LogP) is 1.72. The Balaban J connectivity index is 2.62. The van der Waals surface area contributed by atoms with Crippen LogP contribution in [-0.2, 0) is 9.53 Å². The van der Waals surface area contributed by atoms with Gasteiger partial charge in [0.2, 0.25) is 0 Å². The van der Waals surface area contributed by atoms with Crippen molar-refractivity contribution in [3.63, 3.8) is 0 Å². The van der Waals surface area contributed by atoms with Crippen LogP contribution in [-0.4, -0.2) is 24.9 Å². The fraction of sp³-hybridized carbons (Fsp3) is 0.200. The summed E-state index contributed by atoms with van der Waals surface area (Å²) in [4.78, 5) is 24.5. The Hall–Kier alpha value is -2.33. The number of aldehydes is 1. The van der Waals surface area contributed by atoms with Crippen molar-refractivity contribution < 1.29 is 14.3 Å². The van der Waals surface area contributed by atoms with E-state index in [-0.39, 0.29) is 6.54 Å². The van der Waals surface area contributed by atoms with Gasteiger partial charge in [0.1, 0.15) is 0 Å². The molecule has 0 saturated heterocycles. The van der Waals surface area contributed by atoms with Crippen LogP contribution in [0.4, 0.5) is 0 Å². The van der Waals surface area contributed by atoms with Gasteiger partial charge >= 0.3 is 5.97 Å². The first-order valence-electron chi connectivity index (χ1n) is 4.50. The van der Waals surface area contributed by atoms with Gasteiger partial charge in [0.15, 0.2) is 12.4 Å². The largest absolute Gasteiger partial charge is 0.451 e. The van der Waals surface area contributed by atoms with Gasteiger partial charge in [-0.1, -0.05) is 23.3 Å². The molecule has 0 aliphatic heterocycles. The van der Waals surface area contributed by atoms with Crippen LogP contribution in [0.3, 0.4) is 0 Å². The topological polar surface area (TPSA) is 92.1 Å². The number of carbonyl (C=O) groups is 2. The van der Waals surface area contributed by atoms with Crippen molar-refractivity contribution in [2.24, 2.45) is 5.11 Å². The third-order valence-corrected chi connectivity index (χ3v) is 1.74. The third kappa shape index (κ3) is 3.43. The van der Waals surface area contributed by atoms with Gasteiger partial charge < -0.3 is 4.74 Å². The summed E-state index contributed by atoms with van der Waals surface area (Å²) in [5.74, 6) is -0.620. The highest BCUT2D eigenvalue weighted by atomic mass is 16.5. The molecule has 6 heteroatoms. The number of benzene rings is 1. The van der Waals surface area contributed by atoms with Gasteiger partial charge in [-0.3, -0.25) is 4.79 Å². The number of hydrogen-bond acceptors (Lipinski definition) is 4. The van der Waals surface area contributed by atoms with Crippen LogP contribution in [0.15, 0.2) is 35.4 Å². The molecule has 0 aliphatic carbocycles. The molecule has 0 spiro atoms. The monoisotopic (exact) mass is 219 g/mol. The van der Waals surface area contributed by atoms with E-state index in [0.717, 1.165) is 0 Å². The molecule has 16 heavy (non-hydrogen) atoms. The van der Waals surface area contributed by atoms with Crippen molar-refractivity contribution >= 4 is 12.3 Å². The number of hydrogen-bond donors (Lipinski definition) is 0. The van der Waals surface area contributed by atoms with Crippen LogP contribution in [0, 0.1) is 0 Å². The van der Waals surface area contributed by atoms with Gasteiger partial charge in [0, 0.05) is 4.91 Å². The second-order valence-electron chi connectivity index (χ2n) is 2.86. The second-order valence-corrected chi connectivity index (χ2v) is 2.86. The Morgan fingerprint density at radius 2 is 2.19 bits per heavy atom. The van der Waals surface area contributed by atoms with Crippen LogP contribution >= 0.6 is 0 Å². The van der Waals surface area contributed by atoms with Gasteiger partial charge in [-0.25, -0.2) is 4.79 Å². The van der Waals surface area contributed by atoms with E-state index in [9.17, 15) is 9.59 Å². The Labute approximate surface area is 91.5 Å². The average Bonchev–Trinajstić information content (AvgIpc) is 2.35. The minimum absolute atomic E-state index is 0.196. The summed E-state index contributed by atoms with van der Waals surface area (Å²) in [5.41, 5.74) is 8.41. The highest BCUT2D eigenvalue weighted by Gasteiger charge is 2.13. The Bertz CT molecular complexity index is 413. The molecular formula is C10H9N3O3. The lowest BCUT2D eigenvalue weighted by molar-refractivity contribution is -0.115. The fourth-order valence-electron chi connectivity index (χ4n) is 1.00. The highest BCUT2D eigenvalue weighted by molar-refractivity contribution is 5.90. The van der Waals surface area contributed by atoms with E-state index in [1.165, 1.54) is 0 Å². The summed E-state index contributed by atoms with van der Waals surface area (Å²) in [7, 11) is 0. The van der Waals surface area contributed by atoms with Crippen LogP contribution in [0.5, 0.6) is 0 Å². The molecule has 82 valence electrons. The number of ether oxygens (including phenoxy) is 1. The third-order valence-electron chi connectivity index (χ3n) is 1.74. The maximum atomic E-state index is 11.5. The summed E-state index contributed by atoms with van der Waals surface area (Å²) in [5, 5.41) is 3.16. The van der Waals surface area contributed by atoms with Crippen LogP contribution in [0.25, 0.3) is 10.4 Å². The lowest BCUT2D eigenvalue weighted by Crippen LogP contribution is -2.22. The molecule has 0 radical (unpaired) electrons. The number of azide groups is 1. The molecule has 6 nitrogen and oxygen atoms in total. The van der Waals surface area contributed by atoms with Crippen LogP contribution < -0.4 is 0 Å². The molecule has 0 N–H and O–H groups in total. The van der Waals surface area contributed by atoms with Crippen LogP contribution in [0.2, 0.25) is 0 Å². The first-order chi connectivity index (χ1) is 7.77. The van der Waals surface area contributed by atoms with E-state index in [1.54, 1.807) is 30.3 Å². The Kier molecular flexibility index (Phi) is 4.56. The summed E-state index contributed by atoms with van der Waals surface area (Å²) in [6.07, 6.45) is -0.612. The lowest BCUT2D eigenvalue weighted by Gasteiger charge is -2.08. The average molecular weight is 219 g/mol. The van der Waals surface area contributed by atoms with Gasteiger partial charge in [0.05, 0.1) is 12.1 Å². The van der Waals surface area contributed by atoms with Gasteiger partial charge in [0.25, 0.3) is 0 Å². The first kappa shape index (κ1) is 11.7. The van der Waals surface area contributed by atoms with Gasteiger partial charge in [-0.15, -0.1) is 0 Å². The lowest BCUT2D eigenvalue weighted by atomic mass is 10.2. The summed E-state index contributed by atoms with van der Waals surface area (Å²) >= 11 is 0. The number of nitrogens with zero attached hydrogens (tertiary/aromatic N) is 3. The molecule has 0 saturated carbocycles. The van der Waals surface area contributed by atoms with E-state index >= 15 is 0 Å². The Morgan fingerprint density at radius 3 is 2.75 bits per heavy atom. The van der Waals surface area contributed by atoms with E-state index in [4.69, 9.17) is 10.3 Å². The zero-order chi connectivity index (χ0) is 11.8. The highest BCUT2D eigenvalue weighted by Crippen LogP contribution is 2.03. The summed E-state index contributed by atoms with van der Waals surface area (Å²) in [6, 6.07) is 8.25. The van der Waals surface area contributed by atoms with Crippen LogP contribution in [0.1, 0.15) is 10.4 Å². The minimum atomic E-state index is -1.04. The first-order valence-corrected chi connectivity index (χ1v) is 4.50. The Morgan fingerprint density at radius 1 is 1.50 bits per heavy atom.